The summed E-state index contributed by atoms with van der Waals surface area (Å²) in [4.78, 5) is 24.8. The predicted molar refractivity (Wildman–Crippen MR) is 104 cm³/mol. The van der Waals surface area contributed by atoms with Crippen molar-refractivity contribution in [1.29, 1.82) is 0 Å². The molecule has 0 aliphatic carbocycles. The van der Waals surface area contributed by atoms with Crippen LogP contribution in [0, 0.1) is 0 Å². The first kappa shape index (κ1) is 18.5. The summed E-state index contributed by atoms with van der Waals surface area (Å²) in [6, 6.07) is 14.2. The Hall–Kier alpha value is -2.28. The molecule has 1 unspecified atom stereocenters. The summed E-state index contributed by atoms with van der Waals surface area (Å²) in [5, 5.41) is 1.55. The summed E-state index contributed by atoms with van der Waals surface area (Å²) in [5.74, 6) is -0.624. The van der Waals surface area contributed by atoms with Crippen LogP contribution in [0.2, 0.25) is 10.0 Å². The number of halogens is 2. The van der Waals surface area contributed by atoms with Gasteiger partial charge in [0, 0.05) is 10.1 Å². The molecule has 0 spiro atoms. The van der Waals surface area contributed by atoms with Crippen molar-refractivity contribution in [1.82, 2.24) is 10.9 Å². The molecule has 0 bridgehead atoms. The summed E-state index contributed by atoms with van der Waals surface area (Å²) >= 11 is 13.5. The largest absolute Gasteiger partial charge is 0.479 e. The van der Waals surface area contributed by atoms with Gasteiger partial charge in [-0.25, -0.2) is 0 Å². The third-order valence-electron chi connectivity index (χ3n) is 3.55. The zero-order chi connectivity index (χ0) is 18.7. The third kappa shape index (κ3) is 3.93. The average molecular weight is 409 g/mol. The Labute approximate surface area is 163 Å². The fourth-order valence-electron chi connectivity index (χ4n) is 2.22. The van der Waals surface area contributed by atoms with Crippen LogP contribution in [0.15, 0.2) is 48.5 Å². The van der Waals surface area contributed by atoms with Crippen LogP contribution < -0.4 is 15.6 Å². The van der Waals surface area contributed by atoms with Crippen LogP contribution in [-0.4, -0.2) is 17.9 Å². The lowest BCUT2D eigenvalue weighted by molar-refractivity contribution is -0.128. The van der Waals surface area contributed by atoms with E-state index in [9.17, 15) is 9.59 Å². The van der Waals surface area contributed by atoms with Crippen LogP contribution >= 0.6 is 34.5 Å². The van der Waals surface area contributed by atoms with E-state index in [1.807, 2.05) is 24.3 Å². The van der Waals surface area contributed by atoms with Crippen LogP contribution in [0.1, 0.15) is 16.6 Å². The number of carbonyl (C=O) groups excluding carboxylic acids is 2. The molecule has 2 N–H and O–H groups in total. The highest BCUT2D eigenvalue weighted by atomic mass is 35.5. The minimum Gasteiger partial charge on any atom is -0.479 e. The molecule has 0 aliphatic rings. The number of fused-ring (bicyclic) bond motifs is 1. The molecular weight excluding hydrogens is 395 g/mol. The molecule has 1 heterocycles. The van der Waals surface area contributed by atoms with Crippen LogP contribution in [0.5, 0.6) is 5.75 Å². The number of nitrogens with one attached hydrogen (secondary N) is 2. The molecule has 5 nitrogen and oxygen atoms in total. The lowest BCUT2D eigenvalue weighted by Gasteiger charge is -2.15. The summed E-state index contributed by atoms with van der Waals surface area (Å²) < 4.78 is 6.39. The van der Waals surface area contributed by atoms with Crippen molar-refractivity contribution in [3.05, 3.63) is 63.5 Å². The Morgan fingerprint density at radius 3 is 2.46 bits per heavy atom. The van der Waals surface area contributed by atoms with Gasteiger partial charge in [0.05, 0.1) is 10.0 Å². The van der Waals surface area contributed by atoms with Crippen molar-refractivity contribution in [2.75, 3.05) is 0 Å². The first-order valence-corrected chi connectivity index (χ1v) is 9.23. The number of carbonyl (C=O) groups is 2. The van der Waals surface area contributed by atoms with Gasteiger partial charge in [0.15, 0.2) is 6.10 Å². The molecule has 0 aliphatic heterocycles. The highest BCUT2D eigenvalue weighted by Gasteiger charge is 2.20. The predicted octanol–water partition coefficient (Wildman–Crippen LogP) is 4.44. The maximum absolute atomic E-state index is 12.3. The molecule has 134 valence electrons. The Morgan fingerprint density at radius 2 is 1.73 bits per heavy atom. The lowest BCUT2D eigenvalue weighted by atomic mass is 10.2. The Morgan fingerprint density at radius 1 is 1.04 bits per heavy atom. The molecule has 0 saturated heterocycles. The van der Waals surface area contributed by atoms with E-state index >= 15 is 0 Å². The van der Waals surface area contributed by atoms with Gasteiger partial charge in [-0.05, 0) is 25.1 Å². The van der Waals surface area contributed by atoms with Gasteiger partial charge in [-0.2, -0.15) is 0 Å². The van der Waals surface area contributed by atoms with Crippen LogP contribution in [0.25, 0.3) is 10.1 Å². The lowest BCUT2D eigenvalue weighted by Crippen LogP contribution is -2.47. The molecular formula is C18H14Cl2N2O3S. The fraction of sp³-hybridized carbons (Fsp3) is 0.111. The molecule has 3 aromatic rings. The quantitative estimate of drug-likeness (QED) is 0.627. The van der Waals surface area contributed by atoms with Crippen molar-refractivity contribution in [3.63, 3.8) is 0 Å². The molecule has 0 fully saturated rings. The number of ether oxygens (including phenoxy) is 1. The van der Waals surface area contributed by atoms with Crippen LogP contribution in [0.4, 0.5) is 0 Å². The van der Waals surface area contributed by atoms with Gasteiger partial charge in [-0.3, -0.25) is 20.4 Å². The van der Waals surface area contributed by atoms with E-state index in [0.717, 1.165) is 10.1 Å². The highest BCUT2D eigenvalue weighted by Crippen LogP contribution is 2.34. The molecule has 1 atom stereocenters. The molecule has 2 aromatic carbocycles. The fourth-order valence-corrected chi connectivity index (χ4v) is 3.81. The Bertz CT molecular complexity index is 974. The number of amides is 2. The molecule has 1 aromatic heterocycles. The van der Waals surface area contributed by atoms with Gasteiger partial charge in [-0.1, -0.05) is 53.5 Å². The SMILES string of the molecule is CC(Oc1ccccc1Cl)C(=O)NNC(=O)c1sc2ccccc2c1Cl. The number of rotatable bonds is 4. The number of benzene rings is 2. The van der Waals surface area contributed by atoms with Crippen molar-refractivity contribution < 1.29 is 14.3 Å². The molecule has 0 saturated carbocycles. The molecule has 3 rings (SSSR count). The van der Waals surface area contributed by atoms with E-state index in [-0.39, 0.29) is 0 Å². The first-order chi connectivity index (χ1) is 12.5. The monoisotopic (exact) mass is 408 g/mol. The molecule has 8 heteroatoms. The van der Waals surface area contributed by atoms with Gasteiger partial charge in [0.1, 0.15) is 10.6 Å². The van der Waals surface area contributed by atoms with Crippen molar-refractivity contribution >= 4 is 56.4 Å². The van der Waals surface area contributed by atoms with Gasteiger partial charge < -0.3 is 4.74 Å². The minimum atomic E-state index is -0.854. The maximum Gasteiger partial charge on any atom is 0.281 e. The second-order valence-corrected chi connectivity index (χ2v) is 7.21. The zero-order valence-corrected chi connectivity index (χ0v) is 15.9. The summed E-state index contributed by atoms with van der Waals surface area (Å²) in [6.07, 6.45) is -0.854. The molecule has 26 heavy (non-hydrogen) atoms. The van der Waals surface area contributed by atoms with Crippen LogP contribution in [-0.2, 0) is 4.79 Å². The molecule has 0 radical (unpaired) electrons. The van der Waals surface area contributed by atoms with Gasteiger partial charge in [0.2, 0.25) is 0 Å². The zero-order valence-electron chi connectivity index (χ0n) is 13.6. The molecule has 2 amide bonds. The highest BCUT2D eigenvalue weighted by molar-refractivity contribution is 7.21. The normalized spacial score (nSPS) is 11.8. The number of para-hydroxylation sites is 1. The number of hydrogen-bond donors (Lipinski definition) is 2. The second kappa shape index (κ2) is 7.95. The summed E-state index contributed by atoms with van der Waals surface area (Å²) in [6.45, 7) is 1.55. The summed E-state index contributed by atoms with van der Waals surface area (Å²) in [7, 11) is 0. The van der Waals surface area contributed by atoms with Crippen molar-refractivity contribution in [2.45, 2.75) is 13.0 Å². The topological polar surface area (TPSA) is 67.4 Å². The Kier molecular flexibility index (Phi) is 5.66. The standard InChI is InChI=1S/C18H14Cl2N2O3S/c1-10(25-13-8-4-3-7-12(13)19)17(23)21-22-18(24)16-15(20)11-6-2-5-9-14(11)26-16/h2-10H,1H3,(H,21,23)(H,22,24). The van der Waals surface area contributed by atoms with Gasteiger partial charge >= 0.3 is 0 Å². The third-order valence-corrected chi connectivity index (χ3v) is 5.54. The van der Waals surface area contributed by atoms with E-state index in [1.165, 1.54) is 11.3 Å². The first-order valence-electron chi connectivity index (χ1n) is 7.66. The summed E-state index contributed by atoms with van der Waals surface area (Å²) in [5.41, 5.74) is 4.69. The minimum absolute atomic E-state index is 0.327. The second-order valence-electron chi connectivity index (χ2n) is 5.38. The van der Waals surface area contributed by atoms with E-state index in [1.54, 1.807) is 31.2 Å². The van der Waals surface area contributed by atoms with Crippen molar-refractivity contribution in [3.8, 4) is 5.75 Å². The number of hydrazine groups is 1. The van der Waals surface area contributed by atoms with E-state index < -0.39 is 17.9 Å². The average Bonchev–Trinajstić information content (AvgIpc) is 2.98. The van der Waals surface area contributed by atoms with E-state index in [4.69, 9.17) is 27.9 Å². The van der Waals surface area contributed by atoms with Gasteiger partial charge in [-0.15, -0.1) is 11.3 Å². The number of hydrogen-bond acceptors (Lipinski definition) is 4. The van der Waals surface area contributed by atoms with E-state index in [0.29, 0.717) is 20.7 Å². The number of thiophene rings is 1. The maximum atomic E-state index is 12.3. The van der Waals surface area contributed by atoms with Gasteiger partial charge in [0.25, 0.3) is 11.8 Å². The Balaban J connectivity index is 1.62. The van der Waals surface area contributed by atoms with Crippen LogP contribution in [0.3, 0.4) is 0 Å². The smallest absolute Gasteiger partial charge is 0.281 e. The van der Waals surface area contributed by atoms with Crippen molar-refractivity contribution in [2.24, 2.45) is 0 Å². The van der Waals surface area contributed by atoms with E-state index in [2.05, 4.69) is 10.9 Å².